The zero-order valence-corrected chi connectivity index (χ0v) is 17.5. The van der Waals surface area contributed by atoms with Crippen LogP contribution in [0.5, 0.6) is 0 Å². The van der Waals surface area contributed by atoms with Gasteiger partial charge in [0, 0.05) is 31.4 Å². The highest BCUT2D eigenvalue weighted by atomic mass is 32.1. The summed E-state index contributed by atoms with van der Waals surface area (Å²) in [4.78, 5) is 28.4. The van der Waals surface area contributed by atoms with Crippen molar-refractivity contribution >= 4 is 33.4 Å². The molecule has 152 valence electrons. The van der Waals surface area contributed by atoms with E-state index in [2.05, 4.69) is 22.5 Å². The molecular formula is C22H26N4O2S. The van der Waals surface area contributed by atoms with Crippen LogP contribution in [0.25, 0.3) is 10.2 Å². The number of carbonyl (C=O) groups is 2. The number of aryl methyl sites for hydroxylation is 1. The van der Waals surface area contributed by atoms with Crippen LogP contribution in [0.3, 0.4) is 0 Å². The first kappa shape index (κ1) is 19.6. The maximum Gasteiger partial charge on any atom is 0.261 e. The average Bonchev–Trinajstić information content (AvgIpc) is 3.31. The molecule has 3 heterocycles. The fourth-order valence-corrected chi connectivity index (χ4v) is 4.84. The number of aromatic nitrogens is 2. The van der Waals surface area contributed by atoms with Crippen LogP contribution in [0, 0.1) is 6.92 Å². The van der Waals surface area contributed by atoms with Gasteiger partial charge < -0.3 is 10.2 Å². The summed E-state index contributed by atoms with van der Waals surface area (Å²) in [5, 5.41) is 8.54. The van der Waals surface area contributed by atoms with E-state index >= 15 is 0 Å². The number of rotatable bonds is 6. The molecule has 0 saturated carbocycles. The highest BCUT2D eigenvalue weighted by Crippen LogP contribution is 2.28. The minimum atomic E-state index is -0.122. The fraction of sp³-hybridized carbons (Fsp3) is 0.409. The van der Waals surface area contributed by atoms with Crippen molar-refractivity contribution in [3.8, 4) is 0 Å². The van der Waals surface area contributed by atoms with Gasteiger partial charge in [-0.2, -0.15) is 5.10 Å². The van der Waals surface area contributed by atoms with Gasteiger partial charge in [-0.15, -0.1) is 11.3 Å². The average molecular weight is 411 g/mol. The summed E-state index contributed by atoms with van der Waals surface area (Å²) in [5.41, 5.74) is 2.10. The van der Waals surface area contributed by atoms with Crippen molar-refractivity contribution in [2.45, 2.75) is 39.2 Å². The molecule has 0 spiro atoms. The largest absolute Gasteiger partial charge is 0.351 e. The number of thiophene rings is 1. The third kappa shape index (κ3) is 4.50. The van der Waals surface area contributed by atoms with E-state index in [0.717, 1.165) is 41.8 Å². The molecule has 0 atom stereocenters. The van der Waals surface area contributed by atoms with Crippen molar-refractivity contribution in [1.29, 1.82) is 0 Å². The van der Waals surface area contributed by atoms with Crippen LogP contribution in [0.1, 0.15) is 46.6 Å². The third-order valence-corrected chi connectivity index (χ3v) is 6.49. The van der Waals surface area contributed by atoms with Gasteiger partial charge in [0.2, 0.25) is 5.91 Å². The number of hydrogen-bond acceptors (Lipinski definition) is 4. The van der Waals surface area contributed by atoms with E-state index in [1.807, 2.05) is 40.8 Å². The van der Waals surface area contributed by atoms with Gasteiger partial charge in [0.05, 0.1) is 17.1 Å². The highest BCUT2D eigenvalue weighted by Gasteiger charge is 2.18. The standard InChI is InChI=1S/C22H26N4O2S/c1-16-18-14-19(21(28)23-11-10-20(27)25-12-6-3-7-13-25)29-22(18)26(24-16)15-17-8-4-2-5-9-17/h2,4-5,8-9,14H,3,6-7,10-13,15H2,1H3,(H,23,28). The van der Waals surface area contributed by atoms with Crippen molar-refractivity contribution in [2.24, 2.45) is 0 Å². The summed E-state index contributed by atoms with van der Waals surface area (Å²) in [6.07, 6.45) is 3.73. The number of benzene rings is 1. The first-order chi connectivity index (χ1) is 14.1. The van der Waals surface area contributed by atoms with E-state index in [9.17, 15) is 9.59 Å². The summed E-state index contributed by atoms with van der Waals surface area (Å²) in [7, 11) is 0. The molecule has 3 aromatic rings. The molecule has 1 saturated heterocycles. The SMILES string of the molecule is Cc1nn(Cc2ccccc2)c2sc(C(=O)NCCC(=O)N3CCCCC3)cc12. The number of likely N-dealkylation sites (tertiary alicyclic amines) is 1. The predicted molar refractivity (Wildman–Crippen MR) is 115 cm³/mol. The van der Waals surface area contributed by atoms with Gasteiger partial charge in [0.1, 0.15) is 4.83 Å². The number of piperidine rings is 1. The van der Waals surface area contributed by atoms with Gasteiger partial charge in [-0.05, 0) is 37.8 Å². The molecule has 29 heavy (non-hydrogen) atoms. The van der Waals surface area contributed by atoms with Gasteiger partial charge in [0.25, 0.3) is 5.91 Å². The third-order valence-electron chi connectivity index (χ3n) is 5.34. The molecule has 0 radical (unpaired) electrons. The van der Waals surface area contributed by atoms with Crippen LogP contribution in [-0.4, -0.2) is 46.1 Å². The smallest absolute Gasteiger partial charge is 0.261 e. The molecule has 1 aromatic carbocycles. The van der Waals surface area contributed by atoms with Crippen LogP contribution in [0.2, 0.25) is 0 Å². The fourth-order valence-electron chi connectivity index (χ4n) is 3.76. The molecule has 0 bridgehead atoms. The van der Waals surface area contributed by atoms with Crippen molar-refractivity contribution in [1.82, 2.24) is 20.0 Å². The van der Waals surface area contributed by atoms with Gasteiger partial charge >= 0.3 is 0 Å². The molecule has 1 aliphatic rings. The number of fused-ring (bicyclic) bond motifs is 1. The number of nitrogens with one attached hydrogen (secondary N) is 1. The Bertz CT molecular complexity index is 1000. The lowest BCUT2D eigenvalue weighted by atomic mass is 10.1. The first-order valence-corrected chi connectivity index (χ1v) is 11.0. The van der Waals surface area contributed by atoms with Crippen molar-refractivity contribution in [3.63, 3.8) is 0 Å². The molecule has 1 N–H and O–H groups in total. The Hall–Kier alpha value is -2.67. The van der Waals surface area contributed by atoms with E-state index in [-0.39, 0.29) is 11.8 Å². The molecule has 0 aliphatic carbocycles. The second-order valence-electron chi connectivity index (χ2n) is 7.51. The zero-order valence-electron chi connectivity index (χ0n) is 16.7. The number of nitrogens with zero attached hydrogens (tertiary/aromatic N) is 3. The monoisotopic (exact) mass is 410 g/mol. The Morgan fingerprint density at radius 3 is 2.66 bits per heavy atom. The van der Waals surface area contributed by atoms with Gasteiger partial charge in [-0.1, -0.05) is 30.3 Å². The number of amides is 2. The molecule has 2 aromatic heterocycles. The van der Waals surface area contributed by atoms with Crippen LogP contribution in [0.15, 0.2) is 36.4 Å². The quantitative estimate of drug-likeness (QED) is 0.675. The zero-order chi connectivity index (χ0) is 20.2. The molecule has 2 amide bonds. The van der Waals surface area contributed by atoms with E-state index in [1.165, 1.54) is 23.3 Å². The van der Waals surface area contributed by atoms with E-state index < -0.39 is 0 Å². The maximum absolute atomic E-state index is 12.6. The Kier molecular flexibility index (Phi) is 5.94. The molecular weight excluding hydrogens is 384 g/mol. The molecule has 7 heteroatoms. The molecule has 1 aliphatic heterocycles. The molecule has 1 fully saturated rings. The topological polar surface area (TPSA) is 67.2 Å². The predicted octanol–water partition coefficient (Wildman–Crippen LogP) is 3.59. The van der Waals surface area contributed by atoms with Gasteiger partial charge in [0.15, 0.2) is 0 Å². The van der Waals surface area contributed by atoms with E-state index in [0.29, 0.717) is 24.4 Å². The maximum atomic E-state index is 12.6. The summed E-state index contributed by atoms with van der Waals surface area (Å²) in [6, 6.07) is 12.1. The summed E-state index contributed by atoms with van der Waals surface area (Å²) < 4.78 is 1.96. The molecule has 6 nitrogen and oxygen atoms in total. The molecule has 4 rings (SSSR count). The lowest BCUT2D eigenvalue weighted by Gasteiger charge is -2.26. The number of hydrogen-bond donors (Lipinski definition) is 1. The molecule has 0 unspecified atom stereocenters. The van der Waals surface area contributed by atoms with Crippen LogP contribution in [-0.2, 0) is 11.3 Å². The Labute approximate surface area is 174 Å². The minimum absolute atomic E-state index is 0.122. The van der Waals surface area contributed by atoms with E-state index in [4.69, 9.17) is 0 Å². The Balaban J connectivity index is 1.39. The summed E-state index contributed by atoms with van der Waals surface area (Å²) >= 11 is 1.45. The van der Waals surface area contributed by atoms with E-state index in [1.54, 1.807) is 0 Å². The number of carbonyl (C=O) groups excluding carboxylic acids is 2. The Morgan fingerprint density at radius 2 is 1.90 bits per heavy atom. The second-order valence-corrected chi connectivity index (χ2v) is 8.54. The lowest BCUT2D eigenvalue weighted by Crippen LogP contribution is -2.37. The van der Waals surface area contributed by atoms with Crippen molar-refractivity contribution in [2.75, 3.05) is 19.6 Å². The van der Waals surface area contributed by atoms with Gasteiger partial charge in [-0.25, -0.2) is 0 Å². The normalized spacial score (nSPS) is 14.3. The summed E-state index contributed by atoms with van der Waals surface area (Å²) in [5.74, 6) is 0.0130. The minimum Gasteiger partial charge on any atom is -0.351 e. The second kappa shape index (κ2) is 8.78. The van der Waals surface area contributed by atoms with Crippen LogP contribution < -0.4 is 5.32 Å². The Morgan fingerprint density at radius 1 is 1.14 bits per heavy atom. The van der Waals surface area contributed by atoms with Crippen molar-refractivity contribution < 1.29 is 9.59 Å². The van der Waals surface area contributed by atoms with Gasteiger partial charge in [-0.3, -0.25) is 14.3 Å². The highest BCUT2D eigenvalue weighted by molar-refractivity contribution is 7.20. The summed E-state index contributed by atoms with van der Waals surface area (Å²) in [6.45, 7) is 4.71. The van der Waals surface area contributed by atoms with Crippen LogP contribution >= 0.6 is 11.3 Å². The van der Waals surface area contributed by atoms with Crippen molar-refractivity contribution in [3.05, 3.63) is 52.5 Å². The van der Waals surface area contributed by atoms with Crippen LogP contribution in [0.4, 0.5) is 0 Å². The lowest BCUT2D eigenvalue weighted by molar-refractivity contribution is -0.131. The first-order valence-electron chi connectivity index (χ1n) is 10.2.